The van der Waals surface area contributed by atoms with Crippen molar-refractivity contribution < 1.29 is 9.90 Å². The Kier molecular flexibility index (Phi) is 5.62. The van der Waals surface area contributed by atoms with Crippen LogP contribution in [0.25, 0.3) is 10.4 Å². The monoisotopic (exact) mass is 187 g/mol. The summed E-state index contributed by atoms with van der Waals surface area (Å²) in [6.45, 7) is 0. The van der Waals surface area contributed by atoms with Crippen LogP contribution in [0.1, 0.15) is 19.3 Å². The maximum absolute atomic E-state index is 10.3. The van der Waals surface area contributed by atoms with Crippen molar-refractivity contribution in [1.29, 1.82) is 0 Å². The van der Waals surface area contributed by atoms with E-state index < -0.39 is 18.2 Å². The fourth-order valence-electron chi connectivity index (χ4n) is 0.794. The Hall–Kier alpha value is -1.30. The number of hydrogen-bond acceptors (Lipinski definition) is 4. The third kappa shape index (κ3) is 5.92. The SMILES string of the molecule is [N-]=[N+]=NC(N)CCC[C@@H](N)C(=O)O. The van der Waals surface area contributed by atoms with E-state index in [4.69, 9.17) is 22.1 Å². The Morgan fingerprint density at radius 2 is 2.15 bits per heavy atom. The summed E-state index contributed by atoms with van der Waals surface area (Å²) in [6, 6.07) is -0.863. The molecule has 0 rings (SSSR count). The molecule has 5 N–H and O–H groups in total. The number of carbonyl (C=O) groups is 1. The normalized spacial score (nSPS) is 14.3. The summed E-state index contributed by atoms with van der Waals surface area (Å²) in [5, 5.41) is 11.6. The molecule has 0 radical (unpaired) electrons. The molecule has 13 heavy (non-hydrogen) atoms. The number of azide groups is 1. The standard InChI is InChI=1S/C6H13N5O2/c7-4(6(12)13)2-1-3-5(8)10-11-9/h4-5H,1-3,7-8H2,(H,12,13)/t4-,5?/m1/s1. The molecule has 74 valence electrons. The first-order valence-corrected chi connectivity index (χ1v) is 3.86. The molecule has 2 atom stereocenters. The molecule has 0 aliphatic rings. The average molecular weight is 187 g/mol. The molecular formula is C6H13N5O2. The van der Waals surface area contributed by atoms with Crippen molar-refractivity contribution in [2.24, 2.45) is 16.6 Å². The molecule has 0 aromatic rings. The van der Waals surface area contributed by atoms with Crippen LogP contribution in [0.5, 0.6) is 0 Å². The highest BCUT2D eigenvalue weighted by Gasteiger charge is 2.10. The lowest BCUT2D eigenvalue weighted by Gasteiger charge is -2.07. The van der Waals surface area contributed by atoms with Gasteiger partial charge in [0.25, 0.3) is 0 Å². The van der Waals surface area contributed by atoms with Crippen LogP contribution in [0, 0.1) is 0 Å². The van der Waals surface area contributed by atoms with Gasteiger partial charge in [-0.15, -0.1) is 0 Å². The van der Waals surface area contributed by atoms with Gasteiger partial charge in [-0.2, -0.15) is 0 Å². The van der Waals surface area contributed by atoms with Gasteiger partial charge in [-0.1, -0.05) is 5.11 Å². The van der Waals surface area contributed by atoms with E-state index in [1.165, 1.54) is 0 Å². The summed E-state index contributed by atoms with van der Waals surface area (Å²) in [4.78, 5) is 12.8. The third-order valence-electron chi connectivity index (χ3n) is 1.53. The minimum absolute atomic E-state index is 0.337. The Labute approximate surface area is 75.3 Å². The summed E-state index contributed by atoms with van der Waals surface area (Å²) in [5.74, 6) is -1.03. The second-order valence-corrected chi connectivity index (χ2v) is 2.65. The predicted molar refractivity (Wildman–Crippen MR) is 46.6 cm³/mol. The third-order valence-corrected chi connectivity index (χ3v) is 1.53. The van der Waals surface area contributed by atoms with E-state index in [9.17, 15) is 4.79 Å². The molecular weight excluding hydrogens is 174 g/mol. The van der Waals surface area contributed by atoms with Gasteiger partial charge in [0.2, 0.25) is 0 Å². The van der Waals surface area contributed by atoms with Crippen molar-refractivity contribution in [2.75, 3.05) is 0 Å². The minimum Gasteiger partial charge on any atom is -0.480 e. The molecule has 0 fully saturated rings. The highest BCUT2D eigenvalue weighted by molar-refractivity contribution is 5.72. The van der Waals surface area contributed by atoms with Crippen molar-refractivity contribution >= 4 is 5.97 Å². The summed E-state index contributed by atoms with van der Waals surface area (Å²) >= 11 is 0. The molecule has 1 unspecified atom stereocenters. The van der Waals surface area contributed by atoms with Crippen LogP contribution in [0.4, 0.5) is 0 Å². The van der Waals surface area contributed by atoms with E-state index in [2.05, 4.69) is 10.0 Å². The van der Waals surface area contributed by atoms with E-state index in [0.29, 0.717) is 19.3 Å². The predicted octanol–water partition coefficient (Wildman–Crippen LogP) is 0.164. The van der Waals surface area contributed by atoms with Crippen LogP contribution in [0.3, 0.4) is 0 Å². The Bertz CT molecular complexity index is 205. The first-order valence-electron chi connectivity index (χ1n) is 3.86. The lowest BCUT2D eigenvalue weighted by atomic mass is 10.1. The zero-order chi connectivity index (χ0) is 10.3. The molecule has 0 spiro atoms. The summed E-state index contributed by atoms with van der Waals surface area (Å²) in [6.07, 6.45) is 0.730. The van der Waals surface area contributed by atoms with Crippen molar-refractivity contribution in [3.8, 4) is 0 Å². The molecule has 0 aromatic carbocycles. The lowest BCUT2D eigenvalue weighted by molar-refractivity contribution is -0.138. The summed E-state index contributed by atoms with van der Waals surface area (Å²) in [5.41, 5.74) is 18.6. The van der Waals surface area contributed by atoms with Gasteiger partial charge in [0.1, 0.15) is 6.04 Å². The van der Waals surface area contributed by atoms with Gasteiger partial charge in [0.15, 0.2) is 0 Å². The first-order chi connectivity index (χ1) is 6.07. The number of rotatable bonds is 6. The summed E-state index contributed by atoms with van der Waals surface area (Å²) < 4.78 is 0. The first kappa shape index (κ1) is 11.7. The van der Waals surface area contributed by atoms with Gasteiger partial charge in [-0.3, -0.25) is 4.79 Å². The molecule has 0 aromatic heterocycles. The second kappa shape index (κ2) is 6.24. The number of nitrogens with zero attached hydrogens (tertiary/aromatic N) is 3. The van der Waals surface area contributed by atoms with Crippen LogP contribution in [0.2, 0.25) is 0 Å². The van der Waals surface area contributed by atoms with E-state index in [1.807, 2.05) is 0 Å². The number of aliphatic carboxylic acids is 1. The maximum atomic E-state index is 10.3. The Morgan fingerprint density at radius 3 is 2.62 bits per heavy atom. The van der Waals surface area contributed by atoms with Crippen molar-refractivity contribution in [2.45, 2.75) is 31.5 Å². The molecule has 0 aliphatic carbocycles. The number of carboxylic acids is 1. The lowest BCUT2D eigenvalue weighted by Crippen LogP contribution is -2.30. The van der Waals surface area contributed by atoms with E-state index in [0.717, 1.165) is 0 Å². The molecule has 0 saturated carbocycles. The molecule has 0 amide bonds. The topological polar surface area (TPSA) is 138 Å². The van der Waals surface area contributed by atoms with Gasteiger partial charge in [0.05, 0.1) is 6.17 Å². The zero-order valence-electron chi connectivity index (χ0n) is 7.13. The van der Waals surface area contributed by atoms with Gasteiger partial charge < -0.3 is 16.6 Å². The molecule has 0 aliphatic heterocycles. The van der Waals surface area contributed by atoms with E-state index in [-0.39, 0.29) is 0 Å². The van der Waals surface area contributed by atoms with Gasteiger partial charge in [-0.25, -0.2) is 0 Å². The largest absolute Gasteiger partial charge is 0.480 e. The fourth-order valence-corrected chi connectivity index (χ4v) is 0.794. The van der Waals surface area contributed by atoms with Crippen molar-refractivity contribution in [3.63, 3.8) is 0 Å². The van der Waals surface area contributed by atoms with Crippen LogP contribution >= 0.6 is 0 Å². The van der Waals surface area contributed by atoms with Crippen LogP contribution in [0.15, 0.2) is 5.11 Å². The van der Waals surface area contributed by atoms with Crippen LogP contribution < -0.4 is 11.5 Å². The quantitative estimate of drug-likeness (QED) is 0.309. The molecule has 0 saturated heterocycles. The summed E-state index contributed by atoms with van der Waals surface area (Å²) in [7, 11) is 0. The average Bonchev–Trinajstić information content (AvgIpc) is 2.04. The second-order valence-electron chi connectivity index (χ2n) is 2.65. The van der Waals surface area contributed by atoms with Crippen molar-refractivity contribution in [1.82, 2.24) is 0 Å². The molecule has 7 nitrogen and oxygen atoms in total. The van der Waals surface area contributed by atoms with Crippen molar-refractivity contribution in [3.05, 3.63) is 10.4 Å². The van der Waals surface area contributed by atoms with E-state index >= 15 is 0 Å². The highest BCUT2D eigenvalue weighted by Crippen LogP contribution is 2.02. The maximum Gasteiger partial charge on any atom is 0.320 e. The number of nitrogens with two attached hydrogens (primary N) is 2. The molecule has 0 bridgehead atoms. The smallest absolute Gasteiger partial charge is 0.320 e. The van der Waals surface area contributed by atoms with Gasteiger partial charge in [0, 0.05) is 4.91 Å². The number of carboxylic acid groups (broad SMARTS) is 1. The molecule has 7 heteroatoms. The highest BCUT2D eigenvalue weighted by atomic mass is 16.4. The van der Waals surface area contributed by atoms with Gasteiger partial charge in [-0.05, 0) is 24.8 Å². The Balaban J connectivity index is 3.55. The number of hydrogen-bond donors (Lipinski definition) is 3. The van der Waals surface area contributed by atoms with Crippen LogP contribution in [-0.2, 0) is 4.79 Å². The van der Waals surface area contributed by atoms with Crippen LogP contribution in [-0.4, -0.2) is 23.3 Å². The van der Waals surface area contributed by atoms with Gasteiger partial charge >= 0.3 is 5.97 Å². The zero-order valence-corrected chi connectivity index (χ0v) is 7.13. The van der Waals surface area contributed by atoms with E-state index in [1.54, 1.807) is 0 Å². The Morgan fingerprint density at radius 1 is 1.54 bits per heavy atom. The minimum atomic E-state index is -1.03. The molecule has 0 heterocycles. The fraction of sp³-hybridized carbons (Fsp3) is 0.833.